The number of carboxylic acid groups (broad SMARTS) is 1. The van der Waals surface area contributed by atoms with Crippen LogP contribution in [-0.2, 0) is 4.79 Å². The summed E-state index contributed by atoms with van der Waals surface area (Å²) in [5, 5.41) is 8.52. The van der Waals surface area contributed by atoms with Crippen molar-refractivity contribution in [3.8, 4) is 0 Å². The van der Waals surface area contributed by atoms with Gasteiger partial charge in [-0.15, -0.1) is 12.4 Å². The Morgan fingerprint density at radius 1 is 1.60 bits per heavy atom. The molecule has 0 aromatic carbocycles. The molecule has 0 aromatic rings. The summed E-state index contributed by atoms with van der Waals surface area (Å²) >= 11 is 0. The van der Waals surface area contributed by atoms with Crippen molar-refractivity contribution >= 4 is 18.4 Å². The molecule has 0 atom stereocenters. The Hall–Kier alpha value is -0.280. The van der Waals surface area contributed by atoms with Crippen LogP contribution in [0.4, 0.5) is 0 Å². The van der Waals surface area contributed by atoms with Gasteiger partial charge >= 0.3 is 5.97 Å². The second kappa shape index (κ2) is 4.52. The second-order valence-electron chi connectivity index (χ2n) is 2.73. The molecule has 0 aliphatic heterocycles. The van der Waals surface area contributed by atoms with Gasteiger partial charge in [-0.25, -0.2) is 0 Å². The van der Waals surface area contributed by atoms with E-state index in [4.69, 9.17) is 10.8 Å². The zero-order valence-electron chi connectivity index (χ0n) is 6.26. The van der Waals surface area contributed by atoms with E-state index in [-0.39, 0.29) is 12.4 Å². The fourth-order valence-electron chi connectivity index (χ4n) is 0.468. The van der Waals surface area contributed by atoms with E-state index >= 15 is 0 Å². The van der Waals surface area contributed by atoms with Gasteiger partial charge in [0.1, 0.15) is 0 Å². The largest absolute Gasteiger partial charge is 0.481 e. The first-order chi connectivity index (χ1) is 4.00. The molecule has 3 nitrogen and oxygen atoms in total. The van der Waals surface area contributed by atoms with Crippen LogP contribution in [0, 0.1) is 5.41 Å². The highest BCUT2D eigenvalue weighted by atomic mass is 35.5. The third-order valence-corrected chi connectivity index (χ3v) is 1.35. The maximum Gasteiger partial charge on any atom is 0.309 e. The average Bonchev–Trinajstić information content (AvgIpc) is 1.65. The number of carbonyl (C=O) groups is 1. The summed E-state index contributed by atoms with van der Waals surface area (Å²) in [6, 6.07) is 0. The molecule has 0 aliphatic carbocycles. The summed E-state index contributed by atoms with van der Waals surface area (Å²) in [6.45, 7) is 3.77. The topological polar surface area (TPSA) is 63.3 Å². The molecule has 0 saturated heterocycles. The van der Waals surface area contributed by atoms with Gasteiger partial charge in [0, 0.05) is 0 Å². The molecule has 3 N–H and O–H groups in total. The molecule has 10 heavy (non-hydrogen) atoms. The number of halogens is 1. The van der Waals surface area contributed by atoms with Crippen LogP contribution in [0.2, 0.25) is 0 Å². The van der Waals surface area contributed by atoms with E-state index in [1.165, 1.54) is 0 Å². The van der Waals surface area contributed by atoms with E-state index in [0.717, 1.165) is 0 Å². The number of aliphatic carboxylic acids is 1. The van der Waals surface area contributed by atoms with Crippen molar-refractivity contribution in [2.75, 3.05) is 6.54 Å². The number of carboxylic acids is 1. The van der Waals surface area contributed by atoms with Crippen LogP contribution in [0.1, 0.15) is 20.3 Å². The lowest BCUT2D eigenvalue weighted by Crippen LogP contribution is -2.26. The van der Waals surface area contributed by atoms with Crippen molar-refractivity contribution in [1.82, 2.24) is 0 Å². The summed E-state index contributed by atoms with van der Waals surface area (Å²) in [6.07, 6.45) is 0.530. The Labute approximate surface area is 67.0 Å². The molecule has 0 fully saturated rings. The van der Waals surface area contributed by atoms with Crippen LogP contribution >= 0.6 is 12.4 Å². The zero-order valence-corrected chi connectivity index (χ0v) is 7.07. The molecule has 62 valence electrons. The van der Waals surface area contributed by atoms with Crippen molar-refractivity contribution in [2.45, 2.75) is 20.3 Å². The molecule has 0 unspecified atom stereocenters. The van der Waals surface area contributed by atoms with Crippen LogP contribution in [0.5, 0.6) is 0 Å². The summed E-state index contributed by atoms with van der Waals surface area (Å²) in [4.78, 5) is 10.4. The number of hydrogen-bond donors (Lipinski definition) is 2. The Morgan fingerprint density at radius 2 is 2.00 bits per heavy atom. The minimum Gasteiger partial charge on any atom is -0.481 e. The maximum atomic E-state index is 10.4. The molecule has 0 saturated carbocycles. The monoisotopic (exact) mass is 167 g/mol. The lowest BCUT2D eigenvalue weighted by molar-refractivity contribution is -0.147. The lowest BCUT2D eigenvalue weighted by Gasteiger charge is -2.16. The molecule has 4 heteroatoms. The molecule has 0 spiro atoms. The van der Waals surface area contributed by atoms with Gasteiger partial charge < -0.3 is 10.8 Å². The van der Waals surface area contributed by atoms with Gasteiger partial charge in [0.25, 0.3) is 0 Å². The van der Waals surface area contributed by atoms with E-state index in [1.54, 1.807) is 13.8 Å². The maximum absolute atomic E-state index is 10.4. The minimum absolute atomic E-state index is 0. The quantitative estimate of drug-likeness (QED) is 0.656. The van der Waals surface area contributed by atoms with Crippen LogP contribution in [0.15, 0.2) is 0 Å². The van der Waals surface area contributed by atoms with E-state index < -0.39 is 11.4 Å². The molecule has 0 rings (SSSR count). The summed E-state index contributed by atoms with van der Waals surface area (Å²) < 4.78 is 0. The van der Waals surface area contributed by atoms with Gasteiger partial charge in [0.05, 0.1) is 5.41 Å². The van der Waals surface area contributed by atoms with Crippen LogP contribution in [-0.4, -0.2) is 17.6 Å². The van der Waals surface area contributed by atoms with Gasteiger partial charge in [-0.05, 0) is 26.8 Å². The Morgan fingerprint density at radius 3 is 2.10 bits per heavy atom. The SMILES string of the molecule is CC(C)(CCN)C(=O)O.Cl. The van der Waals surface area contributed by atoms with E-state index in [0.29, 0.717) is 13.0 Å². The number of nitrogens with two attached hydrogens (primary N) is 1. The van der Waals surface area contributed by atoms with Crippen molar-refractivity contribution in [2.24, 2.45) is 11.1 Å². The van der Waals surface area contributed by atoms with Crippen molar-refractivity contribution < 1.29 is 9.90 Å². The van der Waals surface area contributed by atoms with Crippen molar-refractivity contribution in [3.05, 3.63) is 0 Å². The Bertz CT molecular complexity index is 114. The normalized spacial score (nSPS) is 10.3. The van der Waals surface area contributed by atoms with Gasteiger partial charge in [-0.3, -0.25) is 4.79 Å². The summed E-state index contributed by atoms with van der Waals surface area (Å²) in [7, 11) is 0. The molecule has 0 heterocycles. The highest BCUT2D eigenvalue weighted by Crippen LogP contribution is 2.18. The standard InChI is InChI=1S/C6H13NO2.ClH/c1-6(2,3-4-7)5(8)9;/h3-4,7H2,1-2H3,(H,8,9);1H. The first kappa shape index (κ1) is 12.4. The van der Waals surface area contributed by atoms with Crippen LogP contribution in [0.25, 0.3) is 0 Å². The summed E-state index contributed by atoms with van der Waals surface area (Å²) in [5.41, 5.74) is 4.53. The molecule has 0 radical (unpaired) electrons. The molecular weight excluding hydrogens is 154 g/mol. The molecule has 0 aliphatic rings. The first-order valence-corrected chi connectivity index (χ1v) is 2.94. The van der Waals surface area contributed by atoms with Gasteiger partial charge in [0.15, 0.2) is 0 Å². The molecule has 0 bridgehead atoms. The third-order valence-electron chi connectivity index (χ3n) is 1.35. The van der Waals surface area contributed by atoms with E-state index in [1.807, 2.05) is 0 Å². The van der Waals surface area contributed by atoms with Gasteiger partial charge in [-0.1, -0.05) is 0 Å². The van der Waals surface area contributed by atoms with Crippen LogP contribution in [0.3, 0.4) is 0 Å². The third kappa shape index (κ3) is 3.69. The number of hydrogen-bond acceptors (Lipinski definition) is 2. The highest BCUT2D eigenvalue weighted by Gasteiger charge is 2.25. The van der Waals surface area contributed by atoms with E-state index in [9.17, 15) is 4.79 Å². The molecular formula is C6H14ClNO2. The first-order valence-electron chi connectivity index (χ1n) is 2.94. The Balaban J connectivity index is 0. The Kier molecular flexibility index (Phi) is 5.61. The van der Waals surface area contributed by atoms with Crippen molar-refractivity contribution in [1.29, 1.82) is 0 Å². The van der Waals surface area contributed by atoms with E-state index in [2.05, 4.69) is 0 Å². The summed E-state index contributed by atoms with van der Waals surface area (Å²) in [5.74, 6) is -0.784. The van der Waals surface area contributed by atoms with Crippen molar-refractivity contribution in [3.63, 3.8) is 0 Å². The predicted octanol–water partition coefficient (Wildman–Crippen LogP) is 0.868. The predicted molar refractivity (Wildman–Crippen MR) is 42.3 cm³/mol. The molecule has 0 amide bonds. The lowest BCUT2D eigenvalue weighted by atomic mass is 9.90. The fraction of sp³-hybridized carbons (Fsp3) is 0.833. The highest BCUT2D eigenvalue weighted by molar-refractivity contribution is 5.85. The fourth-order valence-corrected chi connectivity index (χ4v) is 0.468. The van der Waals surface area contributed by atoms with Gasteiger partial charge in [0.2, 0.25) is 0 Å². The molecule has 0 aromatic heterocycles. The number of rotatable bonds is 3. The average molecular weight is 168 g/mol. The zero-order chi connectivity index (χ0) is 7.49. The smallest absolute Gasteiger partial charge is 0.309 e. The second-order valence-corrected chi connectivity index (χ2v) is 2.73. The van der Waals surface area contributed by atoms with Crippen LogP contribution < -0.4 is 5.73 Å². The minimum atomic E-state index is -0.784. The van der Waals surface area contributed by atoms with Gasteiger partial charge in [-0.2, -0.15) is 0 Å².